The van der Waals surface area contributed by atoms with Crippen LogP contribution in [-0.4, -0.2) is 27.8 Å². The molecule has 3 aromatic heterocycles. The summed E-state index contributed by atoms with van der Waals surface area (Å²) < 4.78 is 28.7. The van der Waals surface area contributed by atoms with E-state index in [4.69, 9.17) is 5.84 Å². The van der Waals surface area contributed by atoms with Gasteiger partial charge in [0.05, 0.1) is 18.1 Å². The Hall–Kier alpha value is -2.24. The molecule has 0 saturated heterocycles. The van der Waals surface area contributed by atoms with Gasteiger partial charge in [0.1, 0.15) is 6.33 Å². The van der Waals surface area contributed by atoms with Crippen molar-refractivity contribution in [1.82, 2.24) is 19.4 Å². The van der Waals surface area contributed by atoms with Crippen LogP contribution in [0.5, 0.6) is 0 Å². The van der Waals surface area contributed by atoms with Crippen molar-refractivity contribution in [2.24, 2.45) is 5.84 Å². The number of nitrogens with one attached hydrogen (secondary N) is 2. The van der Waals surface area contributed by atoms with Gasteiger partial charge in [-0.25, -0.2) is 15.8 Å². The average molecular weight is 311 g/mol. The molecule has 0 bridgehead atoms. The van der Waals surface area contributed by atoms with Crippen LogP contribution in [0.2, 0.25) is 0 Å². The number of imidazole rings is 1. The molecule has 0 aliphatic carbocycles. The van der Waals surface area contributed by atoms with Gasteiger partial charge in [0, 0.05) is 11.6 Å². The van der Waals surface area contributed by atoms with Crippen LogP contribution in [0.4, 0.5) is 11.5 Å². The van der Waals surface area contributed by atoms with Gasteiger partial charge in [0.15, 0.2) is 10.8 Å². The van der Waals surface area contributed by atoms with Crippen molar-refractivity contribution in [2.45, 2.75) is 5.03 Å². The fraction of sp³-hybridized carbons (Fsp3) is 0. The molecule has 3 rings (SSSR count). The highest BCUT2D eigenvalue weighted by atomic mass is 32.2. The molecule has 0 aliphatic rings. The third-order valence-electron chi connectivity index (χ3n) is 2.42. The van der Waals surface area contributed by atoms with E-state index in [9.17, 15) is 8.42 Å². The predicted molar refractivity (Wildman–Crippen MR) is 73.7 cm³/mol. The first-order chi connectivity index (χ1) is 9.62. The zero-order valence-corrected chi connectivity index (χ0v) is 11.5. The lowest BCUT2D eigenvalue weighted by Gasteiger charge is -2.07. The van der Waals surface area contributed by atoms with E-state index in [0.29, 0.717) is 4.96 Å². The fourth-order valence-corrected chi connectivity index (χ4v) is 3.72. The first-order valence-corrected chi connectivity index (χ1v) is 7.68. The number of nitrogen functional groups attached to an aromatic ring is 1. The Balaban J connectivity index is 2.11. The molecule has 0 fully saturated rings. The molecule has 0 radical (unpaired) electrons. The Morgan fingerprint density at radius 1 is 1.30 bits per heavy atom. The van der Waals surface area contributed by atoms with Crippen molar-refractivity contribution >= 4 is 37.8 Å². The zero-order valence-electron chi connectivity index (χ0n) is 9.89. The Bertz CT molecular complexity index is 840. The minimum Gasteiger partial charge on any atom is -0.306 e. The van der Waals surface area contributed by atoms with Crippen LogP contribution >= 0.6 is 11.3 Å². The summed E-state index contributed by atoms with van der Waals surface area (Å²) in [5.74, 6) is 5.40. The maximum Gasteiger partial charge on any atom is 0.281 e. The lowest BCUT2D eigenvalue weighted by molar-refractivity contribution is 0.597. The second-order valence-electron chi connectivity index (χ2n) is 3.70. The highest BCUT2D eigenvalue weighted by Gasteiger charge is 2.25. The van der Waals surface area contributed by atoms with E-state index in [0.717, 1.165) is 0 Å². The van der Waals surface area contributed by atoms with Crippen molar-refractivity contribution in [3.05, 3.63) is 30.3 Å². The van der Waals surface area contributed by atoms with E-state index in [-0.39, 0.29) is 16.5 Å². The number of sulfonamides is 1. The molecule has 3 heterocycles. The lowest BCUT2D eigenvalue weighted by Crippen LogP contribution is -2.18. The molecule has 4 N–H and O–H groups in total. The number of thiazole rings is 1. The van der Waals surface area contributed by atoms with Gasteiger partial charge >= 0.3 is 0 Å². The number of nitrogens with zero attached hydrogens (tertiary/aromatic N) is 4. The number of hydrogen-bond acceptors (Lipinski definition) is 8. The molecule has 0 amide bonds. The first-order valence-electron chi connectivity index (χ1n) is 5.32. The first kappa shape index (κ1) is 12.8. The largest absolute Gasteiger partial charge is 0.306 e. The van der Waals surface area contributed by atoms with E-state index in [1.807, 2.05) is 0 Å². The van der Waals surface area contributed by atoms with Crippen LogP contribution in [0.1, 0.15) is 0 Å². The van der Waals surface area contributed by atoms with E-state index < -0.39 is 10.0 Å². The highest BCUT2D eigenvalue weighted by Crippen LogP contribution is 2.26. The third-order valence-corrected chi connectivity index (χ3v) is 4.58. The summed E-state index contributed by atoms with van der Waals surface area (Å²) in [5, 5.41) is 1.66. The number of fused-ring (bicyclic) bond motifs is 1. The molecule has 104 valence electrons. The summed E-state index contributed by atoms with van der Waals surface area (Å²) in [4.78, 5) is 12.1. The Kier molecular flexibility index (Phi) is 3.00. The van der Waals surface area contributed by atoms with Crippen LogP contribution in [0.25, 0.3) is 4.96 Å². The van der Waals surface area contributed by atoms with Crippen LogP contribution in [0, 0.1) is 0 Å². The Morgan fingerprint density at radius 2 is 2.05 bits per heavy atom. The molecule has 20 heavy (non-hydrogen) atoms. The number of rotatable bonds is 4. The summed E-state index contributed by atoms with van der Waals surface area (Å²) in [6.07, 6.45) is 5.61. The summed E-state index contributed by atoms with van der Waals surface area (Å²) >= 11 is 1.30. The number of hydrogen-bond donors (Lipinski definition) is 3. The molecule has 3 aromatic rings. The monoisotopic (exact) mass is 311 g/mol. The molecule has 0 aromatic carbocycles. The zero-order chi connectivity index (χ0) is 14.2. The third kappa shape index (κ3) is 2.07. The van der Waals surface area contributed by atoms with Crippen LogP contribution < -0.4 is 16.0 Å². The minimum atomic E-state index is -3.87. The van der Waals surface area contributed by atoms with Gasteiger partial charge in [-0.2, -0.15) is 13.4 Å². The molecule has 0 unspecified atom stereocenters. The van der Waals surface area contributed by atoms with Gasteiger partial charge in [-0.15, -0.1) is 11.3 Å². The summed E-state index contributed by atoms with van der Waals surface area (Å²) in [7, 11) is -3.87. The molecule has 0 aliphatic heterocycles. The summed E-state index contributed by atoms with van der Waals surface area (Å²) in [6.45, 7) is 0. The van der Waals surface area contributed by atoms with Gasteiger partial charge in [0.25, 0.3) is 10.0 Å². The molecule has 0 atom stereocenters. The van der Waals surface area contributed by atoms with Crippen LogP contribution in [0.3, 0.4) is 0 Å². The second kappa shape index (κ2) is 4.70. The Labute approximate surface area is 117 Å². The topological polar surface area (TPSA) is 127 Å². The second-order valence-corrected chi connectivity index (χ2v) is 6.17. The predicted octanol–water partition coefficient (Wildman–Crippen LogP) is 0.272. The smallest absolute Gasteiger partial charge is 0.281 e. The summed E-state index contributed by atoms with van der Waals surface area (Å²) in [6, 6.07) is 0. The normalized spacial score (nSPS) is 11.7. The van der Waals surface area contributed by atoms with Gasteiger partial charge in [-0.05, 0) is 0 Å². The maximum absolute atomic E-state index is 12.4. The molecule has 11 heteroatoms. The molecular weight excluding hydrogens is 302 g/mol. The number of nitrogens with two attached hydrogens (primary N) is 1. The molecular formula is C9H9N7O2S2. The SMILES string of the molecule is NNc1nc2sccn2c1S(=O)(=O)Nc1cncnc1. The average Bonchev–Trinajstić information content (AvgIpc) is 2.98. The van der Waals surface area contributed by atoms with E-state index in [1.54, 1.807) is 11.6 Å². The fourth-order valence-electron chi connectivity index (χ4n) is 1.67. The van der Waals surface area contributed by atoms with Gasteiger partial charge in [-0.3, -0.25) is 9.12 Å². The number of aromatic nitrogens is 4. The molecule has 0 saturated carbocycles. The van der Waals surface area contributed by atoms with Crippen molar-refractivity contribution in [3.8, 4) is 0 Å². The van der Waals surface area contributed by atoms with E-state index >= 15 is 0 Å². The maximum atomic E-state index is 12.4. The number of anilines is 2. The minimum absolute atomic E-state index is 0.0693. The van der Waals surface area contributed by atoms with Crippen molar-refractivity contribution in [1.29, 1.82) is 0 Å². The van der Waals surface area contributed by atoms with E-state index in [2.05, 4.69) is 25.1 Å². The number of hydrazine groups is 1. The Morgan fingerprint density at radius 3 is 2.75 bits per heavy atom. The van der Waals surface area contributed by atoms with Gasteiger partial charge in [-0.1, -0.05) is 0 Å². The van der Waals surface area contributed by atoms with Crippen LogP contribution in [-0.2, 0) is 10.0 Å². The van der Waals surface area contributed by atoms with Crippen molar-refractivity contribution < 1.29 is 8.42 Å². The van der Waals surface area contributed by atoms with Crippen molar-refractivity contribution in [2.75, 3.05) is 10.1 Å². The molecule has 0 spiro atoms. The quantitative estimate of drug-likeness (QED) is 0.466. The standard InChI is InChI=1S/C9H9N7O2S2/c10-14-7-8(16-1-2-19-9(16)13-7)20(17,18)15-6-3-11-5-12-4-6/h1-5,14-15H,10H2. The molecule has 9 nitrogen and oxygen atoms in total. The van der Waals surface area contributed by atoms with Crippen LogP contribution in [0.15, 0.2) is 35.3 Å². The van der Waals surface area contributed by atoms with Gasteiger partial charge < -0.3 is 5.43 Å². The highest BCUT2D eigenvalue weighted by molar-refractivity contribution is 7.92. The van der Waals surface area contributed by atoms with Crippen molar-refractivity contribution in [3.63, 3.8) is 0 Å². The lowest BCUT2D eigenvalue weighted by atomic mass is 10.6. The van der Waals surface area contributed by atoms with E-state index in [1.165, 1.54) is 34.5 Å². The van der Waals surface area contributed by atoms with Gasteiger partial charge in [0.2, 0.25) is 5.03 Å². The summed E-state index contributed by atoms with van der Waals surface area (Å²) in [5.41, 5.74) is 2.54.